The fraction of sp³-hybridized carbons (Fsp3) is 0.474. The van der Waals surface area contributed by atoms with E-state index in [2.05, 4.69) is 20.6 Å². The van der Waals surface area contributed by atoms with Crippen LogP contribution in [0.5, 0.6) is 0 Å². The molecule has 8 heteroatoms. The SMILES string of the molecule is O=C(Nc1cc2n(n1)CCC2)N1CCCC(Cc2nnc3ccccn23)C1. The van der Waals surface area contributed by atoms with Crippen molar-refractivity contribution < 1.29 is 4.79 Å². The summed E-state index contributed by atoms with van der Waals surface area (Å²) in [7, 11) is 0. The number of carbonyl (C=O) groups excluding carboxylic acids is 1. The Morgan fingerprint density at radius 3 is 3.11 bits per heavy atom. The van der Waals surface area contributed by atoms with E-state index in [0.717, 1.165) is 63.2 Å². The first-order valence-corrected chi connectivity index (χ1v) is 9.67. The number of rotatable bonds is 3. The number of urea groups is 1. The van der Waals surface area contributed by atoms with Crippen molar-refractivity contribution in [2.24, 2.45) is 5.92 Å². The predicted molar refractivity (Wildman–Crippen MR) is 101 cm³/mol. The van der Waals surface area contributed by atoms with Crippen molar-refractivity contribution in [1.82, 2.24) is 29.3 Å². The van der Waals surface area contributed by atoms with Crippen molar-refractivity contribution in [2.75, 3.05) is 18.4 Å². The lowest BCUT2D eigenvalue weighted by Crippen LogP contribution is -2.43. The summed E-state index contributed by atoms with van der Waals surface area (Å²) in [4.78, 5) is 14.6. The van der Waals surface area contributed by atoms with Crippen molar-refractivity contribution in [3.05, 3.63) is 42.0 Å². The van der Waals surface area contributed by atoms with Gasteiger partial charge in [0.05, 0.1) is 0 Å². The number of pyridine rings is 1. The third-order valence-electron chi connectivity index (χ3n) is 5.56. The number of hydrogen-bond acceptors (Lipinski definition) is 4. The van der Waals surface area contributed by atoms with Gasteiger partial charge in [-0.2, -0.15) is 5.10 Å². The van der Waals surface area contributed by atoms with Crippen LogP contribution in [0.1, 0.15) is 30.8 Å². The molecule has 5 rings (SSSR count). The predicted octanol–water partition coefficient (Wildman–Crippen LogP) is 2.36. The molecule has 1 unspecified atom stereocenters. The van der Waals surface area contributed by atoms with Gasteiger partial charge in [0.25, 0.3) is 0 Å². The molecular formula is C19H23N7O. The summed E-state index contributed by atoms with van der Waals surface area (Å²) in [6, 6.07) is 7.85. The third kappa shape index (κ3) is 3.15. The number of piperidine rings is 1. The highest BCUT2D eigenvalue weighted by molar-refractivity contribution is 5.88. The van der Waals surface area contributed by atoms with Crippen molar-refractivity contribution in [3.63, 3.8) is 0 Å². The minimum Gasteiger partial charge on any atom is -0.324 e. The molecule has 0 aromatic carbocycles. The molecule has 1 saturated heterocycles. The third-order valence-corrected chi connectivity index (χ3v) is 5.56. The maximum absolute atomic E-state index is 12.7. The molecule has 2 aliphatic heterocycles. The van der Waals surface area contributed by atoms with E-state index in [9.17, 15) is 4.79 Å². The van der Waals surface area contributed by atoms with Gasteiger partial charge >= 0.3 is 6.03 Å². The van der Waals surface area contributed by atoms with Crippen LogP contribution in [0.25, 0.3) is 5.65 Å². The van der Waals surface area contributed by atoms with Crippen LogP contribution >= 0.6 is 0 Å². The van der Waals surface area contributed by atoms with Gasteiger partial charge in [-0.15, -0.1) is 10.2 Å². The lowest BCUT2D eigenvalue weighted by Gasteiger charge is -2.32. The summed E-state index contributed by atoms with van der Waals surface area (Å²) < 4.78 is 4.02. The monoisotopic (exact) mass is 365 g/mol. The van der Waals surface area contributed by atoms with Gasteiger partial charge in [0.1, 0.15) is 5.82 Å². The summed E-state index contributed by atoms with van der Waals surface area (Å²) in [5.74, 6) is 2.02. The number of aromatic nitrogens is 5. The molecule has 0 saturated carbocycles. The van der Waals surface area contributed by atoms with Gasteiger partial charge in [0.2, 0.25) is 0 Å². The number of aryl methyl sites for hydroxylation is 2. The normalized spacial score (nSPS) is 19.4. The highest BCUT2D eigenvalue weighted by atomic mass is 16.2. The molecule has 1 atom stereocenters. The van der Waals surface area contributed by atoms with Crippen molar-refractivity contribution in [2.45, 2.75) is 38.6 Å². The zero-order valence-electron chi connectivity index (χ0n) is 15.2. The summed E-state index contributed by atoms with van der Waals surface area (Å²) in [5.41, 5.74) is 2.08. The number of nitrogens with one attached hydrogen (secondary N) is 1. The number of nitrogens with zero attached hydrogens (tertiary/aromatic N) is 6. The van der Waals surface area contributed by atoms with E-state index in [4.69, 9.17) is 0 Å². The second kappa shape index (κ2) is 6.68. The highest BCUT2D eigenvalue weighted by Crippen LogP contribution is 2.22. The van der Waals surface area contributed by atoms with Gasteiger partial charge < -0.3 is 4.90 Å². The Kier molecular flexibility index (Phi) is 4.03. The lowest BCUT2D eigenvalue weighted by molar-refractivity contribution is 0.176. The second-order valence-electron chi connectivity index (χ2n) is 7.48. The summed E-state index contributed by atoms with van der Waals surface area (Å²) >= 11 is 0. The molecule has 0 spiro atoms. The Bertz CT molecular complexity index is 954. The van der Waals surface area contributed by atoms with E-state index in [-0.39, 0.29) is 6.03 Å². The fourth-order valence-electron chi connectivity index (χ4n) is 4.21. The van der Waals surface area contributed by atoms with Crippen LogP contribution in [0, 0.1) is 5.92 Å². The number of hydrogen-bond donors (Lipinski definition) is 1. The highest BCUT2D eigenvalue weighted by Gasteiger charge is 2.26. The summed E-state index contributed by atoms with van der Waals surface area (Å²) in [6.07, 6.45) is 7.12. The van der Waals surface area contributed by atoms with Crippen LogP contribution in [0.15, 0.2) is 30.5 Å². The molecule has 3 aromatic heterocycles. The first-order valence-electron chi connectivity index (χ1n) is 9.67. The zero-order valence-corrected chi connectivity index (χ0v) is 15.2. The Hall–Kier alpha value is -2.90. The van der Waals surface area contributed by atoms with E-state index >= 15 is 0 Å². The molecule has 2 aliphatic rings. The van der Waals surface area contributed by atoms with Crippen LogP contribution in [0.3, 0.4) is 0 Å². The standard InChI is InChI=1S/C19H23N7O/c27-19(20-16-12-15-6-4-10-26(15)23-16)24-8-3-5-14(13-24)11-18-22-21-17-7-1-2-9-25(17)18/h1-2,7,9,12,14H,3-6,8,10-11,13H2,(H,20,23,27). The lowest BCUT2D eigenvalue weighted by atomic mass is 9.94. The van der Waals surface area contributed by atoms with Gasteiger partial charge in [-0.05, 0) is 43.7 Å². The van der Waals surface area contributed by atoms with Crippen LogP contribution in [0.4, 0.5) is 10.6 Å². The van der Waals surface area contributed by atoms with E-state index in [1.54, 1.807) is 0 Å². The van der Waals surface area contributed by atoms with E-state index in [1.807, 2.05) is 44.4 Å². The van der Waals surface area contributed by atoms with Gasteiger partial charge in [-0.25, -0.2) is 4.79 Å². The number of anilines is 1. The first kappa shape index (κ1) is 16.3. The van der Waals surface area contributed by atoms with Crippen LogP contribution in [-0.2, 0) is 19.4 Å². The summed E-state index contributed by atoms with van der Waals surface area (Å²) in [5, 5.41) is 16.0. The molecule has 1 fully saturated rings. The number of amides is 2. The molecule has 8 nitrogen and oxygen atoms in total. The molecule has 2 amide bonds. The molecule has 5 heterocycles. The minimum atomic E-state index is -0.0532. The molecule has 0 radical (unpaired) electrons. The molecule has 1 N–H and O–H groups in total. The molecular weight excluding hydrogens is 342 g/mol. The van der Waals surface area contributed by atoms with Crippen LogP contribution in [-0.4, -0.2) is 48.4 Å². The summed E-state index contributed by atoms with van der Waals surface area (Å²) in [6.45, 7) is 2.47. The average Bonchev–Trinajstić information content (AvgIpc) is 3.37. The smallest absolute Gasteiger partial charge is 0.323 e. The first-order chi connectivity index (χ1) is 13.3. The largest absolute Gasteiger partial charge is 0.324 e. The van der Waals surface area contributed by atoms with Gasteiger partial charge in [0, 0.05) is 44.0 Å². The topological polar surface area (TPSA) is 80.3 Å². The van der Waals surface area contributed by atoms with Gasteiger partial charge in [-0.1, -0.05) is 6.07 Å². The Morgan fingerprint density at radius 2 is 2.19 bits per heavy atom. The molecule has 140 valence electrons. The molecule has 0 aliphatic carbocycles. The van der Waals surface area contributed by atoms with Crippen molar-refractivity contribution in [3.8, 4) is 0 Å². The number of fused-ring (bicyclic) bond motifs is 2. The van der Waals surface area contributed by atoms with Crippen LogP contribution < -0.4 is 5.32 Å². The van der Waals surface area contributed by atoms with Crippen molar-refractivity contribution >= 4 is 17.5 Å². The number of carbonyl (C=O) groups is 1. The Morgan fingerprint density at radius 1 is 1.22 bits per heavy atom. The van der Waals surface area contributed by atoms with E-state index < -0.39 is 0 Å². The molecule has 0 bridgehead atoms. The molecule has 3 aromatic rings. The van der Waals surface area contributed by atoms with Crippen molar-refractivity contribution in [1.29, 1.82) is 0 Å². The average molecular weight is 365 g/mol. The Labute approximate surface area is 157 Å². The fourth-order valence-corrected chi connectivity index (χ4v) is 4.21. The zero-order chi connectivity index (χ0) is 18.2. The van der Waals surface area contributed by atoms with Crippen LogP contribution in [0.2, 0.25) is 0 Å². The minimum absolute atomic E-state index is 0.0532. The maximum Gasteiger partial charge on any atom is 0.323 e. The van der Waals surface area contributed by atoms with Gasteiger partial charge in [-0.3, -0.25) is 14.4 Å². The van der Waals surface area contributed by atoms with E-state index in [0.29, 0.717) is 11.7 Å². The number of likely N-dealkylation sites (tertiary alicyclic amines) is 1. The molecule has 27 heavy (non-hydrogen) atoms. The second-order valence-corrected chi connectivity index (χ2v) is 7.48. The maximum atomic E-state index is 12.7. The Balaban J connectivity index is 1.24. The van der Waals surface area contributed by atoms with Gasteiger partial charge in [0.15, 0.2) is 11.5 Å². The quantitative estimate of drug-likeness (QED) is 0.773. The van der Waals surface area contributed by atoms with E-state index in [1.165, 1.54) is 5.69 Å².